The first-order valence-electron chi connectivity index (χ1n) is 4.55. The van der Waals surface area contributed by atoms with Gasteiger partial charge in [-0.1, -0.05) is 0 Å². The first kappa shape index (κ1) is 12.3. The molecule has 1 aromatic heterocycles. The van der Waals surface area contributed by atoms with Crippen molar-refractivity contribution in [2.45, 2.75) is 0 Å². The van der Waals surface area contributed by atoms with E-state index < -0.39 is 11.8 Å². The van der Waals surface area contributed by atoms with Crippen molar-refractivity contribution in [1.82, 2.24) is 4.57 Å². The highest BCUT2D eigenvalue weighted by Crippen LogP contribution is 2.23. The second kappa shape index (κ2) is 4.62. The summed E-state index contributed by atoms with van der Waals surface area (Å²) >= 11 is 6.24. The highest BCUT2D eigenvalue weighted by molar-refractivity contribution is 9.10. The normalized spacial score (nSPS) is 10.5. The van der Waals surface area contributed by atoms with E-state index >= 15 is 0 Å². The zero-order chi connectivity index (χ0) is 12.6. The van der Waals surface area contributed by atoms with Crippen molar-refractivity contribution in [2.75, 3.05) is 0 Å². The third-order valence-corrected chi connectivity index (χ3v) is 3.26. The third-order valence-electron chi connectivity index (χ3n) is 2.19. The van der Waals surface area contributed by atoms with Crippen LogP contribution in [0.25, 0.3) is 5.69 Å². The van der Waals surface area contributed by atoms with Crippen molar-refractivity contribution in [3.05, 3.63) is 50.9 Å². The molecule has 17 heavy (non-hydrogen) atoms. The van der Waals surface area contributed by atoms with Gasteiger partial charge in [0.15, 0.2) is 0 Å². The standard InChI is InChI=1S/C11H6Br2FNO2/c12-6-3-10(11(16)17)15(5-6)7-1-2-8(13)9(14)4-7/h1-5H,(H,16,17). The van der Waals surface area contributed by atoms with Crippen molar-refractivity contribution in [3.8, 4) is 5.69 Å². The van der Waals surface area contributed by atoms with Crippen LogP contribution < -0.4 is 0 Å². The summed E-state index contributed by atoms with van der Waals surface area (Å²) in [6.45, 7) is 0. The molecule has 0 fully saturated rings. The number of hydrogen-bond acceptors (Lipinski definition) is 1. The van der Waals surface area contributed by atoms with Crippen LogP contribution in [0.4, 0.5) is 4.39 Å². The van der Waals surface area contributed by atoms with E-state index in [4.69, 9.17) is 5.11 Å². The number of carbonyl (C=O) groups is 1. The summed E-state index contributed by atoms with van der Waals surface area (Å²) in [4.78, 5) is 11.0. The average Bonchev–Trinajstić information content (AvgIpc) is 2.64. The smallest absolute Gasteiger partial charge is 0.352 e. The summed E-state index contributed by atoms with van der Waals surface area (Å²) in [6.07, 6.45) is 1.58. The summed E-state index contributed by atoms with van der Waals surface area (Å²) in [5, 5.41) is 9.02. The highest BCUT2D eigenvalue weighted by Gasteiger charge is 2.13. The predicted molar refractivity (Wildman–Crippen MR) is 68.1 cm³/mol. The first-order valence-corrected chi connectivity index (χ1v) is 6.14. The first-order chi connectivity index (χ1) is 7.99. The third kappa shape index (κ3) is 2.42. The van der Waals surface area contributed by atoms with Crippen LogP contribution in [-0.4, -0.2) is 15.6 Å². The number of carboxylic acid groups (broad SMARTS) is 1. The van der Waals surface area contributed by atoms with E-state index in [-0.39, 0.29) is 5.69 Å². The number of hydrogen-bond donors (Lipinski definition) is 1. The SMILES string of the molecule is O=C(O)c1cc(Br)cn1-c1ccc(Br)c(F)c1. The second-order valence-corrected chi connectivity index (χ2v) is 5.09. The van der Waals surface area contributed by atoms with E-state index in [2.05, 4.69) is 31.9 Å². The molecule has 0 aliphatic carbocycles. The molecule has 0 saturated heterocycles. The Morgan fingerprint density at radius 2 is 2.00 bits per heavy atom. The molecule has 1 heterocycles. The van der Waals surface area contributed by atoms with E-state index in [0.29, 0.717) is 14.6 Å². The lowest BCUT2D eigenvalue weighted by Crippen LogP contribution is -2.05. The number of halogens is 3. The van der Waals surface area contributed by atoms with Crippen molar-refractivity contribution in [2.24, 2.45) is 0 Å². The number of carboxylic acids is 1. The maximum absolute atomic E-state index is 13.4. The Labute approximate surface area is 113 Å². The highest BCUT2D eigenvalue weighted by atomic mass is 79.9. The Bertz CT molecular complexity index is 595. The molecule has 6 heteroatoms. The fourth-order valence-electron chi connectivity index (χ4n) is 1.44. The summed E-state index contributed by atoms with van der Waals surface area (Å²) in [5.41, 5.74) is 0.521. The molecule has 88 valence electrons. The summed E-state index contributed by atoms with van der Waals surface area (Å²) < 4.78 is 15.8. The van der Waals surface area contributed by atoms with Gasteiger partial charge in [-0.05, 0) is 56.1 Å². The van der Waals surface area contributed by atoms with E-state index in [9.17, 15) is 9.18 Å². The molecule has 0 aliphatic rings. The van der Waals surface area contributed by atoms with Crippen molar-refractivity contribution >= 4 is 37.8 Å². The van der Waals surface area contributed by atoms with Crippen molar-refractivity contribution in [1.29, 1.82) is 0 Å². The number of aromatic carboxylic acids is 1. The van der Waals surface area contributed by atoms with Crippen LogP contribution in [0.2, 0.25) is 0 Å². The Hall–Kier alpha value is -1.14. The monoisotopic (exact) mass is 361 g/mol. The van der Waals surface area contributed by atoms with Gasteiger partial charge in [0.1, 0.15) is 11.5 Å². The molecule has 0 unspecified atom stereocenters. The molecule has 2 rings (SSSR count). The van der Waals surface area contributed by atoms with Crippen LogP contribution in [-0.2, 0) is 0 Å². The summed E-state index contributed by atoms with van der Waals surface area (Å²) in [6, 6.07) is 5.89. The molecule has 1 aromatic carbocycles. The Morgan fingerprint density at radius 3 is 2.59 bits per heavy atom. The van der Waals surface area contributed by atoms with Crippen molar-refractivity contribution < 1.29 is 14.3 Å². The maximum Gasteiger partial charge on any atom is 0.352 e. The van der Waals surface area contributed by atoms with Gasteiger partial charge in [0.05, 0.1) is 4.47 Å². The number of aromatic nitrogens is 1. The number of benzene rings is 1. The maximum atomic E-state index is 13.4. The molecule has 0 amide bonds. The minimum atomic E-state index is -1.07. The lowest BCUT2D eigenvalue weighted by Gasteiger charge is -2.06. The van der Waals surface area contributed by atoms with Gasteiger partial charge in [0.25, 0.3) is 0 Å². The van der Waals surface area contributed by atoms with Gasteiger partial charge >= 0.3 is 5.97 Å². The van der Waals surface area contributed by atoms with Crippen LogP contribution in [0.3, 0.4) is 0 Å². The quantitative estimate of drug-likeness (QED) is 0.881. The Kier molecular flexibility index (Phi) is 3.35. The predicted octanol–water partition coefficient (Wildman–Crippen LogP) is 3.84. The lowest BCUT2D eigenvalue weighted by molar-refractivity contribution is 0.0688. The van der Waals surface area contributed by atoms with Gasteiger partial charge in [-0.2, -0.15) is 0 Å². The molecule has 2 aromatic rings. The van der Waals surface area contributed by atoms with E-state index in [1.54, 1.807) is 12.3 Å². The summed E-state index contributed by atoms with van der Waals surface area (Å²) in [5.74, 6) is -1.51. The molecule has 1 N–H and O–H groups in total. The van der Waals surface area contributed by atoms with Gasteiger partial charge in [0.2, 0.25) is 0 Å². The van der Waals surface area contributed by atoms with Gasteiger partial charge in [0, 0.05) is 16.4 Å². The molecule has 0 aliphatic heterocycles. The van der Waals surface area contributed by atoms with E-state index in [0.717, 1.165) is 0 Å². The number of rotatable bonds is 2. The molecule has 0 spiro atoms. The zero-order valence-corrected chi connectivity index (χ0v) is 11.5. The molecular weight excluding hydrogens is 357 g/mol. The van der Waals surface area contributed by atoms with Crippen LogP contribution in [0.15, 0.2) is 39.4 Å². The molecule has 0 radical (unpaired) electrons. The zero-order valence-electron chi connectivity index (χ0n) is 8.32. The van der Waals surface area contributed by atoms with Gasteiger partial charge < -0.3 is 9.67 Å². The van der Waals surface area contributed by atoms with Gasteiger partial charge in [-0.25, -0.2) is 9.18 Å². The van der Waals surface area contributed by atoms with E-state index in [1.165, 1.54) is 22.8 Å². The minimum Gasteiger partial charge on any atom is -0.477 e. The molecular formula is C11H6Br2FNO2. The number of nitrogens with zero attached hydrogens (tertiary/aromatic N) is 1. The minimum absolute atomic E-state index is 0.0681. The van der Waals surface area contributed by atoms with Crippen molar-refractivity contribution in [3.63, 3.8) is 0 Å². The second-order valence-electron chi connectivity index (χ2n) is 3.32. The lowest BCUT2D eigenvalue weighted by atomic mass is 10.3. The van der Waals surface area contributed by atoms with E-state index in [1.807, 2.05) is 0 Å². The average molecular weight is 363 g/mol. The van der Waals surface area contributed by atoms with Gasteiger partial charge in [-0.3, -0.25) is 0 Å². The van der Waals surface area contributed by atoms with Crippen LogP contribution in [0.5, 0.6) is 0 Å². The molecule has 3 nitrogen and oxygen atoms in total. The topological polar surface area (TPSA) is 42.2 Å². The largest absolute Gasteiger partial charge is 0.477 e. The Balaban J connectivity index is 2.59. The molecule has 0 saturated carbocycles. The van der Waals surface area contributed by atoms with Crippen LogP contribution >= 0.6 is 31.9 Å². The van der Waals surface area contributed by atoms with Gasteiger partial charge in [-0.15, -0.1) is 0 Å². The van der Waals surface area contributed by atoms with Crippen LogP contribution in [0.1, 0.15) is 10.5 Å². The fraction of sp³-hybridized carbons (Fsp3) is 0. The molecule has 0 bridgehead atoms. The Morgan fingerprint density at radius 1 is 1.29 bits per heavy atom. The van der Waals surface area contributed by atoms with Crippen LogP contribution in [0, 0.1) is 5.82 Å². The molecule has 0 atom stereocenters. The fourth-order valence-corrected chi connectivity index (χ4v) is 2.11. The summed E-state index contributed by atoms with van der Waals surface area (Å²) in [7, 11) is 0.